The minimum atomic E-state index is -0.775. The zero-order valence-corrected chi connectivity index (χ0v) is 11.8. The Kier molecular flexibility index (Phi) is 5.04. The van der Waals surface area contributed by atoms with Crippen molar-refractivity contribution in [2.75, 3.05) is 20.1 Å². The second-order valence-corrected chi connectivity index (χ2v) is 5.62. The van der Waals surface area contributed by atoms with Crippen LogP contribution in [0.2, 0.25) is 0 Å². The summed E-state index contributed by atoms with van der Waals surface area (Å²) >= 11 is 0. The number of carbonyl (C=O) groups excluding carboxylic acids is 2. The van der Waals surface area contributed by atoms with Gasteiger partial charge in [-0.25, -0.2) is 0 Å². The van der Waals surface area contributed by atoms with Crippen LogP contribution >= 0.6 is 0 Å². The molecule has 0 heterocycles. The Balaban J connectivity index is 1.82. The number of nitrogens with zero attached hydrogens (tertiary/aromatic N) is 1. The van der Waals surface area contributed by atoms with Crippen molar-refractivity contribution in [3.63, 3.8) is 0 Å². The summed E-state index contributed by atoms with van der Waals surface area (Å²) in [6.07, 6.45) is 1.04. The van der Waals surface area contributed by atoms with Crippen molar-refractivity contribution in [1.82, 2.24) is 4.90 Å². The Hall–Kier alpha value is -1.52. The second-order valence-electron chi connectivity index (χ2n) is 5.62. The first kappa shape index (κ1) is 14.9. The molecule has 0 aliphatic heterocycles. The summed E-state index contributed by atoms with van der Waals surface area (Å²) in [5.41, 5.74) is 0.717. The zero-order valence-electron chi connectivity index (χ0n) is 11.8. The lowest BCUT2D eigenvalue weighted by atomic mass is 9.86. The minimum Gasteiger partial charge on any atom is -0.385 e. The molecule has 1 aromatic carbocycles. The van der Waals surface area contributed by atoms with Gasteiger partial charge in [0, 0.05) is 18.5 Å². The van der Waals surface area contributed by atoms with Crippen LogP contribution in [-0.4, -0.2) is 47.8 Å². The molecule has 2 unspecified atom stereocenters. The van der Waals surface area contributed by atoms with Gasteiger partial charge >= 0.3 is 0 Å². The quantitative estimate of drug-likeness (QED) is 0.828. The summed E-state index contributed by atoms with van der Waals surface area (Å²) in [6, 6.07) is 9.23. The van der Waals surface area contributed by atoms with Crippen molar-refractivity contribution >= 4 is 11.6 Å². The zero-order chi connectivity index (χ0) is 14.5. The van der Waals surface area contributed by atoms with Gasteiger partial charge in [0.25, 0.3) is 0 Å². The third-order valence-electron chi connectivity index (χ3n) is 3.79. The van der Waals surface area contributed by atoms with Crippen molar-refractivity contribution in [3.8, 4) is 0 Å². The van der Waals surface area contributed by atoms with E-state index in [1.807, 2.05) is 42.3 Å². The van der Waals surface area contributed by atoms with Crippen LogP contribution in [0, 0.1) is 5.92 Å². The number of likely N-dealkylation sites (N-methyl/N-ethyl adjacent to an activating group) is 1. The number of aliphatic hydroxyl groups is 1. The molecule has 0 spiro atoms. The molecule has 0 amide bonds. The lowest BCUT2D eigenvalue weighted by molar-refractivity contribution is -0.131. The maximum Gasteiger partial charge on any atom is 0.176 e. The number of aliphatic hydroxyl groups excluding tert-OH is 1. The Morgan fingerprint density at radius 1 is 1.30 bits per heavy atom. The number of hydrogen-bond donors (Lipinski definition) is 1. The Morgan fingerprint density at radius 3 is 2.65 bits per heavy atom. The van der Waals surface area contributed by atoms with Gasteiger partial charge in [0.05, 0.1) is 6.54 Å². The normalized spacial score (nSPS) is 23.1. The number of rotatable bonds is 5. The van der Waals surface area contributed by atoms with Crippen molar-refractivity contribution < 1.29 is 14.7 Å². The molecule has 1 aromatic rings. The highest BCUT2D eigenvalue weighted by atomic mass is 16.3. The molecular weight excluding hydrogens is 254 g/mol. The van der Waals surface area contributed by atoms with E-state index in [0.717, 1.165) is 18.5 Å². The van der Waals surface area contributed by atoms with Crippen LogP contribution in [0.1, 0.15) is 29.6 Å². The van der Waals surface area contributed by atoms with Gasteiger partial charge < -0.3 is 5.11 Å². The molecule has 4 heteroatoms. The number of carbonyl (C=O) groups is 2. The molecular formula is C16H21NO3. The summed E-state index contributed by atoms with van der Waals surface area (Å²) in [4.78, 5) is 25.5. The fourth-order valence-corrected chi connectivity index (χ4v) is 2.70. The van der Waals surface area contributed by atoms with Gasteiger partial charge in [-0.05, 0) is 25.8 Å². The predicted octanol–water partition coefficient (Wildman–Crippen LogP) is 1.53. The highest BCUT2D eigenvalue weighted by Gasteiger charge is 2.27. The molecule has 1 N–H and O–H groups in total. The molecule has 4 nitrogen and oxygen atoms in total. The van der Waals surface area contributed by atoms with Gasteiger partial charge in [-0.1, -0.05) is 30.3 Å². The van der Waals surface area contributed by atoms with Crippen molar-refractivity contribution in [3.05, 3.63) is 35.9 Å². The summed E-state index contributed by atoms with van der Waals surface area (Å²) in [5.74, 6) is 0.277. The molecule has 1 saturated carbocycles. The van der Waals surface area contributed by atoms with Gasteiger partial charge in [0.1, 0.15) is 6.10 Å². The van der Waals surface area contributed by atoms with Crippen molar-refractivity contribution in [1.29, 1.82) is 0 Å². The first-order chi connectivity index (χ1) is 9.56. The molecule has 20 heavy (non-hydrogen) atoms. The van der Waals surface area contributed by atoms with Gasteiger partial charge in [-0.2, -0.15) is 0 Å². The van der Waals surface area contributed by atoms with Gasteiger partial charge in [0.2, 0.25) is 0 Å². The summed E-state index contributed by atoms with van der Waals surface area (Å²) in [6.45, 7) is 1.08. The van der Waals surface area contributed by atoms with Crippen molar-refractivity contribution in [2.45, 2.75) is 25.4 Å². The van der Waals surface area contributed by atoms with E-state index in [1.54, 1.807) is 0 Å². The van der Waals surface area contributed by atoms with E-state index in [1.165, 1.54) is 0 Å². The van der Waals surface area contributed by atoms with E-state index in [2.05, 4.69) is 0 Å². The van der Waals surface area contributed by atoms with Crippen LogP contribution in [0.15, 0.2) is 30.3 Å². The maximum absolute atomic E-state index is 12.1. The van der Waals surface area contributed by atoms with Crippen LogP contribution in [0.4, 0.5) is 0 Å². The van der Waals surface area contributed by atoms with E-state index in [4.69, 9.17) is 0 Å². The van der Waals surface area contributed by atoms with E-state index >= 15 is 0 Å². The maximum atomic E-state index is 12.1. The fourth-order valence-electron chi connectivity index (χ4n) is 2.70. The van der Waals surface area contributed by atoms with Crippen LogP contribution in [0.25, 0.3) is 0 Å². The molecule has 108 valence electrons. The van der Waals surface area contributed by atoms with Gasteiger partial charge in [0.15, 0.2) is 11.6 Å². The lowest BCUT2D eigenvalue weighted by Crippen LogP contribution is -2.36. The summed E-state index contributed by atoms with van der Waals surface area (Å²) < 4.78 is 0. The van der Waals surface area contributed by atoms with Gasteiger partial charge in [-0.3, -0.25) is 14.5 Å². The number of Topliss-reactive ketones (excluding diaryl/α,β-unsaturated/α-hetero) is 2. The average Bonchev–Trinajstić information content (AvgIpc) is 2.44. The molecule has 0 bridgehead atoms. The lowest BCUT2D eigenvalue weighted by Gasteiger charge is -2.28. The Labute approximate surface area is 119 Å². The fraction of sp³-hybridized carbons (Fsp3) is 0.500. The van der Waals surface area contributed by atoms with Crippen molar-refractivity contribution in [2.24, 2.45) is 5.92 Å². The first-order valence-corrected chi connectivity index (χ1v) is 7.04. The molecule has 0 aromatic heterocycles. The largest absolute Gasteiger partial charge is 0.385 e. The first-order valence-electron chi connectivity index (χ1n) is 7.04. The van der Waals surface area contributed by atoms with E-state index in [0.29, 0.717) is 19.4 Å². The van der Waals surface area contributed by atoms with Crippen LogP contribution in [0.5, 0.6) is 0 Å². The highest BCUT2D eigenvalue weighted by Crippen LogP contribution is 2.22. The van der Waals surface area contributed by atoms with Crippen LogP contribution in [0.3, 0.4) is 0 Å². The van der Waals surface area contributed by atoms with E-state index in [9.17, 15) is 14.7 Å². The summed E-state index contributed by atoms with van der Waals surface area (Å²) in [5, 5.41) is 9.41. The van der Waals surface area contributed by atoms with Crippen LogP contribution in [-0.2, 0) is 4.79 Å². The molecule has 2 rings (SSSR count). The van der Waals surface area contributed by atoms with E-state index in [-0.39, 0.29) is 17.5 Å². The SMILES string of the molecule is CN(CC(=O)c1ccccc1)CC1CCC(O)C(=O)C1. The third-order valence-corrected chi connectivity index (χ3v) is 3.79. The average molecular weight is 275 g/mol. The number of benzene rings is 1. The van der Waals surface area contributed by atoms with Crippen LogP contribution < -0.4 is 0 Å². The van der Waals surface area contributed by atoms with E-state index < -0.39 is 6.10 Å². The standard InChI is InChI=1S/C16H21NO3/c1-17(10-12-7-8-14(18)15(19)9-12)11-16(20)13-5-3-2-4-6-13/h2-6,12,14,18H,7-11H2,1H3. The third kappa shape index (κ3) is 3.99. The monoisotopic (exact) mass is 275 g/mol. The smallest absolute Gasteiger partial charge is 0.176 e. The topological polar surface area (TPSA) is 57.6 Å². The van der Waals surface area contributed by atoms with Gasteiger partial charge in [-0.15, -0.1) is 0 Å². The highest BCUT2D eigenvalue weighted by molar-refractivity contribution is 5.97. The molecule has 1 aliphatic carbocycles. The Morgan fingerprint density at radius 2 is 2.00 bits per heavy atom. The molecule has 2 atom stereocenters. The second kappa shape index (κ2) is 6.77. The molecule has 1 aliphatic rings. The number of hydrogen-bond acceptors (Lipinski definition) is 4. The molecule has 0 radical (unpaired) electrons. The predicted molar refractivity (Wildman–Crippen MR) is 76.6 cm³/mol. The Bertz CT molecular complexity index is 472. The minimum absolute atomic E-state index is 0.0657. The molecule has 1 fully saturated rings. The number of ketones is 2. The summed E-state index contributed by atoms with van der Waals surface area (Å²) in [7, 11) is 1.90. The molecule has 0 saturated heterocycles.